The van der Waals surface area contributed by atoms with Crippen LogP contribution in [-0.2, 0) is 14.6 Å². The number of carbonyl (C=O) groups is 1. The molecule has 0 aliphatic carbocycles. The Morgan fingerprint density at radius 2 is 1.91 bits per heavy atom. The normalized spacial score (nSPS) is 15.7. The quantitative estimate of drug-likeness (QED) is 0.793. The monoisotopic (exact) mass is 329 g/mol. The SMILES string of the molecule is CC(C)CS(=O)(=O)C1CN(C(=O)COc2ccc(F)cc2)C1. The van der Waals surface area contributed by atoms with Gasteiger partial charge in [0, 0.05) is 13.1 Å². The van der Waals surface area contributed by atoms with Gasteiger partial charge >= 0.3 is 0 Å². The Morgan fingerprint density at radius 1 is 1.32 bits per heavy atom. The summed E-state index contributed by atoms with van der Waals surface area (Å²) in [6.07, 6.45) is 0. The van der Waals surface area contributed by atoms with E-state index in [4.69, 9.17) is 4.74 Å². The molecule has 0 N–H and O–H groups in total. The van der Waals surface area contributed by atoms with Crippen LogP contribution < -0.4 is 4.74 Å². The molecule has 7 heteroatoms. The summed E-state index contributed by atoms with van der Waals surface area (Å²) in [6, 6.07) is 5.37. The van der Waals surface area contributed by atoms with Crippen molar-refractivity contribution in [1.29, 1.82) is 0 Å². The van der Waals surface area contributed by atoms with Crippen LogP contribution in [0.2, 0.25) is 0 Å². The second-order valence-corrected chi connectivity index (χ2v) is 8.21. The van der Waals surface area contributed by atoms with E-state index in [-0.39, 0.29) is 43.1 Å². The van der Waals surface area contributed by atoms with Gasteiger partial charge in [-0.2, -0.15) is 0 Å². The van der Waals surface area contributed by atoms with Crippen molar-refractivity contribution in [3.63, 3.8) is 0 Å². The molecule has 0 unspecified atom stereocenters. The molecule has 1 aliphatic heterocycles. The molecule has 122 valence electrons. The summed E-state index contributed by atoms with van der Waals surface area (Å²) in [5.41, 5.74) is 0. The predicted octanol–water partition coefficient (Wildman–Crippen LogP) is 1.49. The molecule has 5 nitrogen and oxygen atoms in total. The van der Waals surface area contributed by atoms with E-state index in [0.717, 1.165) is 0 Å². The zero-order valence-corrected chi connectivity index (χ0v) is 13.5. The van der Waals surface area contributed by atoms with Gasteiger partial charge in [-0.15, -0.1) is 0 Å². The molecular formula is C15H20FNO4S. The average molecular weight is 329 g/mol. The van der Waals surface area contributed by atoms with Crippen molar-refractivity contribution in [3.05, 3.63) is 30.1 Å². The lowest BCUT2D eigenvalue weighted by Crippen LogP contribution is -2.58. The summed E-state index contributed by atoms with van der Waals surface area (Å²) in [7, 11) is -3.14. The second kappa shape index (κ2) is 6.64. The number of rotatable bonds is 6. The third-order valence-corrected chi connectivity index (χ3v) is 5.90. The topological polar surface area (TPSA) is 63.7 Å². The maximum absolute atomic E-state index is 12.7. The number of hydrogen-bond acceptors (Lipinski definition) is 4. The molecule has 1 aliphatic rings. The van der Waals surface area contributed by atoms with E-state index in [1.54, 1.807) is 0 Å². The summed E-state index contributed by atoms with van der Waals surface area (Å²) in [5, 5.41) is -0.468. The third kappa shape index (κ3) is 4.19. The van der Waals surface area contributed by atoms with E-state index in [2.05, 4.69) is 0 Å². The first-order valence-corrected chi connectivity index (χ1v) is 8.87. The minimum absolute atomic E-state index is 0.0801. The van der Waals surface area contributed by atoms with Crippen molar-refractivity contribution >= 4 is 15.7 Å². The van der Waals surface area contributed by atoms with Gasteiger partial charge in [-0.3, -0.25) is 4.79 Å². The summed E-state index contributed by atoms with van der Waals surface area (Å²) in [4.78, 5) is 13.4. The first-order chi connectivity index (χ1) is 10.3. The highest BCUT2D eigenvalue weighted by Crippen LogP contribution is 2.19. The van der Waals surface area contributed by atoms with Crippen molar-refractivity contribution in [2.24, 2.45) is 5.92 Å². The van der Waals surface area contributed by atoms with Crippen molar-refractivity contribution in [3.8, 4) is 5.75 Å². The van der Waals surface area contributed by atoms with E-state index < -0.39 is 15.1 Å². The van der Waals surface area contributed by atoms with Crippen LogP contribution >= 0.6 is 0 Å². The van der Waals surface area contributed by atoms with Gasteiger partial charge in [0.25, 0.3) is 5.91 Å². The Bertz CT molecular complexity index is 621. The molecular weight excluding hydrogens is 309 g/mol. The first-order valence-electron chi connectivity index (χ1n) is 7.15. The Morgan fingerprint density at radius 3 is 2.45 bits per heavy atom. The number of carbonyl (C=O) groups excluding carboxylic acids is 1. The summed E-state index contributed by atoms with van der Waals surface area (Å²) < 4.78 is 42.0. The van der Waals surface area contributed by atoms with Crippen LogP contribution in [0.1, 0.15) is 13.8 Å². The largest absolute Gasteiger partial charge is 0.484 e. The fourth-order valence-electron chi connectivity index (χ4n) is 2.24. The second-order valence-electron chi connectivity index (χ2n) is 5.89. The Labute approximate surface area is 130 Å². The highest BCUT2D eigenvalue weighted by molar-refractivity contribution is 7.92. The lowest BCUT2D eigenvalue weighted by Gasteiger charge is -2.38. The molecule has 1 saturated heterocycles. The molecule has 1 fully saturated rings. The Hall–Kier alpha value is -1.63. The number of nitrogens with zero attached hydrogens (tertiary/aromatic N) is 1. The zero-order chi connectivity index (χ0) is 16.3. The molecule has 0 bridgehead atoms. The third-order valence-electron chi connectivity index (χ3n) is 3.45. The highest BCUT2D eigenvalue weighted by atomic mass is 32.2. The molecule has 1 aromatic carbocycles. The summed E-state index contributed by atoms with van der Waals surface area (Å²) in [6.45, 7) is 3.98. The van der Waals surface area contributed by atoms with E-state index in [1.807, 2.05) is 13.8 Å². The van der Waals surface area contributed by atoms with Gasteiger partial charge in [-0.05, 0) is 30.2 Å². The molecule has 2 rings (SSSR count). The fraction of sp³-hybridized carbons (Fsp3) is 0.533. The van der Waals surface area contributed by atoms with Gasteiger partial charge in [-0.25, -0.2) is 12.8 Å². The lowest BCUT2D eigenvalue weighted by molar-refractivity contribution is -0.136. The molecule has 0 saturated carbocycles. The van der Waals surface area contributed by atoms with E-state index >= 15 is 0 Å². The van der Waals surface area contributed by atoms with Gasteiger partial charge in [-0.1, -0.05) is 13.8 Å². The lowest BCUT2D eigenvalue weighted by atomic mass is 10.2. The van der Waals surface area contributed by atoms with Crippen LogP contribution in [0.4, 0.5) is 4.39 Å². The van der Waals surface area contributed by atoms with Crippen LogP contribution in [-0.4, -0.2) is 49.9 Å². The number of benzene rings is 1. The van der Waals surface area contributed by atoms with Gasteiger partial charge in [0.05, 0.1) is 11.0 Å². The van der Waals surface area contributed by atoms with Gasteiger partial charge in [0.15, 0.2) is 16.4 Å². The first kappa shape index (κ1) is 16.7. The van der Waals surface area contributed by atoms with Crippen LogP contribution in [0.25, 0.3) is 0 Å². The van der Waals surface area contributed by atoms with Gasteiger partial charge < -0.3 is 9.64 Å². The fourth-order valence-corrected chi connectivity index (χ4v) is 4.25. The number of amides is 1. The Balaban J connectivity index is 1.78. The van der Waals surface area contributed by atoms with E-state index in [0.29, 0.717) is 5.75 Å². The average Bonchev–Trinajstić information content (AvgIpc) is 2.34. The zero-order valence-electron chi connectivity index (χ0n) is 12.7. The van der Waals surface area contributed by atoms with Crippen molar-refractivity contribution < 1.29 is 22.3 Å². The molecule has 0 spiro atoms. The van der Waals surface area contributed by atoms with E-state index in [9.17, 15) is 17.6 Å². The van der Waals surface area contributed by atoms with Crippen LogP contribution in [0, 0.1) is 11.7 Å². The van der Waals surface area contributed by atoms with Crippen molar-refractivity contribution in [2.45, 2.75) is 19.1 Å². The molecule has 0 radical (unpaired) electrons. The van der Waals surface area contributed by atoms with Crippen LogP contribution in [0.15, 0.2) is 24.3 Å². The number of halogens is 1. The molecule has 22 heavy (non-hydrogen) atoms. The van der Waals surface area contributed by atoms with E-state index in [1.165, 1.54) is 29.2 Å². The summed E-state index contributed by atoms with van der Waals surface area (Å²) in [5.74, 6) is -0.0121. The smallest absolute Gasteiger partial charge is 0.260 e. The van der Waals surface area contributed by atoms with Crippen molar-refractivity contribution in [2.75, 3.05) is 25.4 Å². The summed E-state index contributed by atoms with van der Waals surface area (Å²) >= 11 is 0. The standard InChI is InChI=1S/C15H20FNO4S/c1-11(2)10-22(19,20)14-7-17(8-14)15(18)9-21-13-5-3-12(16)4-6-13/h3-6,11,14H,7-10H2,1-2H3. The molecule has 0 aromatic heterocycles. The number of ether oxygens (including phenoxy) is 1. The van der Waals surface area contributed by atoms with Gasteiger partial charge in [0.2, 0.25) is 0 Å². The minimum atomic E-state index is -3.14. The number of sulfone groups is 1. The highest BCUT2D eigenvalue weighted by Gasteiger charge is 2.39. The minimum Gasteiger partial charge on any atom is -0.484 e. The van der Waals surface area contributed by atoms with Crippen molar-refractivity contribution in [1.82, 2.24) is 4.90 Å². The predicted molar refractivity (Wildman–Crippen MR) is 80.9 cm³/mol. The molecule has 1 amide bonds. The van der Waals surface area contributed by atoms with Gasteiger partial charge in [0.1, 0.15) is 11.6 Å². The molecule has 0 atom stereocenters. The van der Waals surface area contributed by atoms with Crippen LogP contribution in [0.5, 0.6) is 5.75 Å². The number of likely N-dealkylation sites (tertiary alicyclic amines) is 1. The Kier molecular flexibility index (Phi) is 5.05. The maximum atomic E-state index is 12.7. The molecule has 1 aromatic rings. The molecule has 1 heterocycles. The number of hydrogen-bond donors (Lipinski definition) is 0. The maximum Gasteiger partial charge on any atom is 0.260 e. The van der Waals surface area contributed by atoms with Crippen LogP contribution in [0.3, 0.4) is 0 Å².